The second kappa shape index (κ2) is 3.90. The van der Waals surface area contributed by atoms with Gasteiger partial charge in [-0.05, 0) is 33.1 Å². The number of hydrogen-bond donors (Lipinski definition) is 1. The number of esters is 1. The van der Waals surface area contributed by atoms with Crippen LogP contribution in [-0.2, 0) is 9.53 Å². The lowest BCUT2D eigenvalue weighted by Crippen LogP contribution is -2.50. The van der Waals surface area contributed by atoms with E-state index >= 15 is 0 Å². The van der Waals surface area contributed by atoms with Gasteiger partial charge in [-0.3, -0.25) is 4.79 Å². The standard InChI is InChI=1S/C9H17NO2/c1-3-12-8(11)7-10-9(2)5-4-6-9/h10H,3-7H2,1-2H3. The fourth-order valence-electron chi connectivity index (χ4n) is 1.38. The minimum absolute atomic E-state index is 0.148. The molecular formula is C9H17NO2. The van der Waals surface area contributed by atoms with Crippen molar-refractivity contribution >= 4 is 5.97 Å². The highest BCUT2D eigenvalue weighted by atomic mass is 16.5. The van der Waals surface area contributed by atoms with E-state index in [1.54, 1.807) is 0 Å². The van der Waals surface area contributed by atoms with Crippen molar-refractivity contribution in [2.24, 2.45) is 0 Å². The molecule has 0 aliphatic heterocycles. The fraction of sp³-hybridized carbons (Fsp3) is 0.889. The van der Waals surface area contributed by atoms with Gasteiger partial charge in [-0.25, -0.2) is 0 Å². The minimum Gasteiger partial charge on any atom is -0.465 e. The zero-order valence-corrected chi connectivity index (χ0v) is 7.85. The van der Waals surface area contributed by atoms with Crippen LogP contribution in [0.15, 0.2) is 0 Å². The summed E-state index contributed by atoms with van der Waals surface area (Å²) < 4.78 is 4.80. The summed E-state index contributed by atoms with van der Waals surface area (Å²) in [4.78, 5) is 10.9. The topological polar surface area (TPSA) is 38.3 Å². The summed E-state index contributed by atoms with van der Waals surface area (Å²) in [5.41, 5.74) is 0.201. The highest BCUT2D eigenvalue weighted by molar-refractivity contribution is 5.71. The summed E-state index contributed by atoms with van der Waals surface area (Å²) >= 11 is 0. The molecule has 1 fully saturated rings. The molecule has 12 heavy (non-hydrogen) atoms. The van der Waals surface area contributed by atoms with E-state index in [4.69, 9.17) is 4.74 Å². The van der Waals surface area contributed by atoms with E-state index in [-0.39, 0.29) is 11.5 Å². The highest BCUT2D eigenvalue weighted by Gasteiger charge is 2.31. The number of nitrogens with one attached hydrogen (secondary N) is 1. The molecular weight excluding hydrogens is 154 g/mol. The average Bonchev–Trinajstić information content (AvgIpc) is 1.98. The largest absolute Gasteiger partial charge is 0.465 e. The zero-order valence-electron chi connectivity index (χ0n) is 7.85. The Morgan fingerprint density at radius 2 is 2.25 bits per heavy atom. The highest BCUT2D eigenvalue weighted by Crippen LogP contribution is 2.30. The summed E-state index contributed by atoms with van der Waals surface area (Å²) in [6.45, 7) is 4.79. The SMILES string of the molecule is CCOC(=O)CNC1(C)CCC1. The van der Waals surface area contributed by atoms with Gasteiger partial charge in [0.25, 0.3) is 0 Å². The second-order valence-corrected chi connectivity index (χ2v) is 3.57. The maximum atomic E-state index is 10.9. The molecule has 0 unspecified atom stereocenters. The van der Waals surface area contributed by atoms with E-state index < -0.39 is 0 Å². The van der Waals surface area contributed by atoms with Crippen molar-refractivity contribution in [2.75, 3.05) is 13.2 Å². The van der Waals surface area contributed by atoms with Gasteiger partial charge in [0.05, 0.1) is 13.2 Å². The van der Waals surface area contributed by atoms with Crippen LogP contribution < -0.4 is 5.32 Å². The molecule has 1 rings (SSSR count). The van der Waals surface area contributed by atoms with Gasteiger partial charge in [-0.15, -0.1) is 0 Å². The van der Waals surface area contributed by atoms with Gasteiger partial charge in [0.1, 0.15) is 0 Å². The Morgan fingerprint density at radius 1 is 1.58 bits per heavy atom. The van der Waals surface area contributed by atoms with E-state index in [2.05, 4.69) is 12.2 Å². The fourth-order valence-corrected chi connectivity index (χ4v) is 1.38. The zero-order chi connectivity index (χ0) is 9.03. The van der Waals surface area contributed by atoms with Crippen LogP contribution >= 0.6 is 0 Å². The van der Waals surface area contributed by atoms with Gasteiger partial charge >= 0.3 is 5.97 Å². The third kappa shape index (κ3) is 2.48. The monoisotopic (exact) mass is 171 g/mol. The van der Waals surface area contributed by atoms with Crippen LogP contribution in [0, 0.1) is 0 Å². The Labute approximate surface area is 73.5 Å². The van der Waals surface area contributed by atoms with E-state index in [9.17, 15) is 4.79 Å². The lowest BCUT2D eigenvalue weighted by molar-refractivity contribution is -0.142. The Hall–Kier alpha value is -0.570. The molecule has 0 heterocycles. The molecule has 70 valence electrons. The quantitative estimate of drug-likeness (QED) is 0.643. The molecule has 0 saturated heterocycles. The Morgan fingerprint density at radius 3 is 2.67 bits per heavy atom. The first-order chi connectivity index (χ1) is 5.66. The van der Waals surface area contributed by atoms with Crippen molar-refractivity contribution in [1.29, 1.82) is 0 Å². The van der Waals surface area contributed by atoms with Gasteiger partial charge < -0.3 is 10.1 Å². The molecule has 1 aliphatic rings. The molecule has 3 nitrogen and oxygen atoms in total. The van der Waals surface area contributed by atoms with Crippen molar-refractivity contribution in [1.82, 2.24) is 5.32 Å². The molecule has 0 aromatic heterocycles. The molecule has 1 aliphatic carbocycles. The first kappa shape index (κ1) is 9.52. The van der Waals surface area contributed by atoms with Crippen LogP contribution in [0.2, 0.25) is 0 Å². The smallest absolute Gasteiger partial charge is 0.319 e. The lowest BCUT2D eigenvalue weighted by atomic mass is 9.78. The normalized spacial score (nSPS) is 19.8. The molecule has 0 atom stereocenters. The van der Waals surface area contributed by atoms with Crippen molar-refractivity contribution in [3.63, 3.8) is 0 Å². The predicted molar refractivity (Wildman–Crippen MR) is 46.9 cm³/mol. The summed E-state index contributed by atoms with van der Waals surface area (Å²) in [5, 5.41) is 3.21. The molecule has 1 saturated carbocycles. The van der Waals surface area contributed by atoms with Gasteiger partial charge in [0.15, 0.2) is 0 Å². The van der Waals surface area contributed by atoms with Crippen LogP contribution in [0.25, 0.3) is 0 Å². The van der Waals surface area contributed by atoms with Crippen molar-refractivity contribution in [2.45, 2.75) is 38.6 Å². The molecule has 0 aromatic carbocycles. The van der Waals surface area contributed by atoms with Crippen LogP contribution in [0.4, 0.5) is 0 Å². The molecule has 0 bridgehead atoms. The van der Waals surface area contributed by atoms with Crippen LogP contribution in [0.5, 0.6) is 0 Å². The third-order valence-corrected chi connectivity index (χ3v) is 2.42. The maximum Gasteiger partial charge on any atom is 0.319 e. The van der Waals surface area contributed by atoms with Gasteiger partial charge in [0, 0.05) is 5.54 Å². The number of carbonyl (C=O) groups is 1. The average molecular weight is 171 g/mol. The first-order valence-corrected chi connectivity index (χ1v) is 4.57. The second-order valence-electron chi connectivity index (χ2n) is 3.57. The van der Waals surface area contributed by atoms with E-state index in [1.807, 2.05) is 6.92 Å². The van der Waals surface area contributed by atoms with Crippen LogP contribution in [0.1, 0.15) is 33.1 Å². The predicted octanol–water partition coefficient (Wildman–Crippen LogP) is 1.08. The number of ether oxygens (including phenoxy) is 1. The van der Waals surface area contributed by atoms with Gasteiger partial charge in [-0.2, -0.15) is 0 Å². The molecule has 1 N–H and O–H groups in total. The summed E-state index contributed by atoms with van der Waals surface area (Å²) in [5.74, 6) is -0.148. The number of rotatable bonds is 4. The Bertz CT molecular complexity index is 164. The summed E-state index contributed by atoms with van der Waals surface area (Å²) in [6.07, 6.45) is 3.62. The number of hydrogen-bond acceptors (Lipinski definition) is 3. The molecule has 3 heteroatoms. The summed E-state index contributed by atoms with van der Waals surface area (Å²) in [6, 6.07) is 0. The molecule has 0 spiro atoms. The van der Waals surface area contributed by atoms with E-state index in [1.165, 1.54) is 19.3 Å². The van der Waals surface area contributed by atoms with Crippen molar-refractivity contribution in [3.05, 3.63) is 0 Å². The van der Waals surface area contributed by atoms with Gasteiger partial charge in [-0.1, -0.05) is 0 Å². The molecule has 0 amide bonds. The minimum atomic E-state index is -0.148. The van der Waals surface area contributed by atoms with Crippen molar-refractivity contribution < 1.29 is 9.53 Å². The van der Waals surface area contributed by atoms with Crippen LogP contribution in [-0.4, -0.2) is 24.7 Å². The Kier molecular flexibility index (Phi) is 3.09. The number of carbonyl (C=O) groups excluding carboxylic acids is 1. The van der Waals surface area contributed by atoms with Crippen molar-refractivity contribution in [3.8, 4) is 0 Å². The maximum absolute atomic E-state index is 10.9. The van der Waals surface area contributed by atoms with E-state index in [0.717, 1.165) is 0 Å². The van der Waals surface area contributed by atoms with Crippen LogP contribution in [0.3, 0.4) is 0 Å². The lowest BCUT2D eigenvalue weighted by Gasteiger charge is -2.39. The first-order valence-electron chi connectivity index (χ1n) is 4.57. The Balaban J connectivity index is 2.12. The third-order valence-electron chi connectivity index (χ3n) is 2.42. The van der Waals surface area contributed by atoms with Gasteiger partial charge in [0.2, 0.25) is 0 Å². The van der Waals surface area contributed by atoms with E-state index in [0.29, 0.717) is 13.2 Å². The molecule has 0 aromatic rings. The summed E-state index contributed by atoms with van der Waals surface area (Å²) in [7, 11) is 0. The molecule has 0 radical (unpaired) electrons.